The Morgan fingerprint density at radius 1 is 1.38 bits per heavy atom. The molecule has 0 aromatic carbocycles. The quantitative estimate of drug-likeness (QED) is 0.541. The lowest BCUT2D eigenvalue weighted by Gasteiger charge is -2.38. The number of rotatable bonds is 1. The predicted molar refractivity (Wildman–Crippen MR) is 65.5 cm³/mol. The summed E-state index contributed by atoms with van der Waals surface area (Å²) in [6, 6.07) is 0.464. The van der Waals surface area contributed by atoms with Crippen molar-refractivity contribution < 1.29 is 4.74 Å². The van der Waals surface area contributed by atoms with Gasteiger partial charge in [0.25, 0.3) is 0 Å². The summed E-state index contributed by atoms with van der Waals surface area (Å²) in [5.74, 6) is 0.711. The Bertz CT molecular complexity index is 269. The van der Waals surface area contributed by atoms with Crippen molar-refractivity contribution in [3.05, 3.63) is 0 Å². The van der Waals surface area contributed by atoms with Gasteiger partial charge in [-0.15, -0.1) is 0 Å². The van der Waals surface area contributed by atoms with Gasteiger partial charge < -0.3 is 15.4 Å². The van der Waals surface area contributed by atoms with E-state index in [1.54, 1.807) is 0 Å². The second-order valence-electron chi connectivity index (χ2n) is 5.46. The predicted octanol–water partition coefficient (Wildman–Crippen LogP) is 1.35. The van der Waals surface area contributed by atoms with Crippen molar-refractivity contribution in [1.29, 1.82) is 0 Å². The number of aliphatic imine (C=N–C) groups is 1. The molecule has 1 saturated carbocycles. The maximum atomic E-state index is 6.07. The fraction of sp³-hybridized carbons (Fsp3) is 0.917. The van der Waals surface area contributed by atoms with Crippen LogP contribution in [0.15, 0.2) is 4.99 Å². The van der Waals surface area contributed by atoms with Gasteiger partial charge in [-0.25, -0.2) is 4.99 Å². The summed E-state index contributed by atoms with van der Waals surface area (Å²) in [5, 5.41) is 0. The fourth-order valence-electron chi connectivity index (χ4n) is 2.51. The third-order valence-corrected chi connectivity index (χ3v) is 3.39. The number of nitrogens with zero attached hydrogens (tertiary/aromatic N) is 2. The van der Waals surface area contributed by atoms with Crippen LogP contribution in [0.3, 0.4) is 0 Å². The molecule has 2 N–H and O–H groups in total. The first kappa shape index (κ1) is 11.7. The molecule has 0 unspecified atom stereocenters. The van der Waals surface area contributed by atoms with Gasteiger partial charge in [-0.1, -0.05) is 12.8 Å². The highest BCUT2D eigenvalue weighted by Crippen LogP contribution is 2.22. The van der Waals surface area contributed by atoms with Gasteiger partial charge in [-0.2, -0.15) is 0 Å². The molecular weight excluding hydrogens is 202 g/mol. The molecule has 4 heteroatoms. The van der Waals surface area contributed by atoms with Crippen molar-refractivity contribution in [1.82, 2.24) is 4.90 Å². The number of hydrogen-bond donors (Lipinski definition) is 1. The lowest BCUT2D eigenvalue weighted by molar-refractivity contribution is -0.0681. The highest BCUT2D eigenvalue weighted by Gasteiger charge is 2.28. The van der Waals surface area contributed by atoms with Gasteiger partial charge in [0.05, 0.1) is 18.2 Å². The van der Waals surface area contributed by atoms with Crippen LogP contribution in [0.2, 0.25) is 0 Å². The van der Waals surface area contributed by atoms with E-state index in [-0.39, 0.29) is 5.60 Å². The molecule has 0 spiro atoms. The maximum absolute atomic E-state index is 6.07. The number of nitrogens with two attached hydrogens (primary N) is 1. The highest BCUT2D eigenvalue weighted by molar-refractivity contribution is 5.78. The standard InChI is InChI=1S/C12H23N3O/c1-12(2)9-15(7-8-16-12)11(13)14-10-5-3-4-6-10/h10H,3-9H2,1-2H3,(H2,13,14). The first-order valence-corrected chi connectivity index (χ1v) is 6.29. The summed E-state index contributed by atoms with van der Waals surface area (Å²) in [6.45, 7) is 6.65. The van der Waals surface area contributed by atoms with E-state index in [1.807, 2.05) is 0 Å². The van der Waals surface area contributed by atoms with Crippen molar-refractivity contribution in [2.45, 2.75) is 51.2 Å². The van der Waals surface area contributed by atoms with Crippen LogP contribution in [0.25, 0.3) is 0 Å². The van der Waals surface area contributed by atoms with Crippen LogP contribution in [0.5, 0.6) is 0 Å². The molecule has 1 aliphatic carbocycles. The van der Waals surface area contributed by atoms with E-state index in [9.17, 15) is 0 Å². The molecule has 2 aliphatic rings. The Morgan fingerprint density at radius 3 is 2.69 bits per heavy atom. The fourth-order valence-corrected chi connectivity index (χ4v) is 2.51. The summed E-state index contributed by atoms with van der Waals surface area (Å²) >= 11 is 0. The van der Waals surface area contributed by atoms with Gasteiger partial charge in [0.15, 0.2) is 5.96 Å². The minimum atomic E-state index is -0.103. The molecule has 2 rings (SSSR count). The molecule has 0 aromatic rings. The van der Waals surface area contributed by atoms with Crippen molar-refractivity contribution in [3.8, 4) is 0 Å². The molecule has 0 bridgehead atoms. The smallest absolute Gasteiger partial charge is 0.191 e. The summed E-state index contributed by atoms with van der Waals surface area (Å²) in [6.07, 6.45) is 5.01. The Balaban J connectivity index is 1.95. The van der Waals surface area contributed by atoms with Crippen LogP contribution < -0.4 is 5.73 Å². The molecular formula is C12H23N3O. The van der Waals surface area contributed by atoms with E-state index in [0.29, 0.717) is 12.0 Å². The molecule has 92 valence electrons. The molecule has 0 atom stereocenters. The van der Waals surface area contributed by atoms with Gasteiger partial charge in [-0.05, 0) is 26.7 Å². The molecule has 1 aliphatic heterocycles. The third kappa shape index (κ3) is 2.88. The van der Waals surface area contributed by atoms with Gasteiger partial charge >= 0.3 is 0 Å². The average molecular weight is 225 g/mol. The monoisotopic (exact) mass is 225 g/mol. The van der Waals surface area contributed by atoms with Crippen LogP contribution >= 0.6 is 0 Å². The SMILES string of the molecule is CC1(C)CN(C(N)=NC2CCCC2)CCO1. The Kier molecular flexibility index (Phi) is 3.38. The van der Waals surface area contributed by atoms with Crippen LogP contribution in [0.1, 0.15) is 39.5 Å². The third-order valence-electron chi connectivity index (χ3n) is 3.39. The van der Waals surface area contributed by atoms with Gasteiger partial charge in [-0.3, -0.25) is 0 Å². The normalized spacial score (nSPS) is 27.4. The van der Waals surface area contributed by atoms with Crippen molar-refractivity contribution in [3.63, 3.8) is 0 Å². The molecule has 1 heterocycles. The Hall–Kier alpha value is -0.770. The Labute approximate surface area is 97.9 Å². The second-order valence-corrected chi connectivity index (χ2v) is 5.46. The van der Waals surface area contributed by atoms with E-state index in [4.69, 9.17) is 10.5 Å². The summed E-state index contributed by atoms with van der Waals surface area (Å²) < 4.78 is 5.66. The second kappa shape index (κ2) is 4.62. The van der Waals surface area contributed by atoms with E-state index < -0.39 is 0 Å². The molecule has 4 nitrogen and oxygen atoms in total. The zero-order chi connectivity index (χ0) is 11.6. The maximum Gasteiger partial charge on any atom is 0.191 e. The minimum Gasteiger partial charge on any atom is -0.372 e. The van der Waals surface area contributed by atoms with Crippen LogP contribution in [0, 0.1) is 0 Å². The summed E-state index contributed by atoms with van der Waals surface area (Å²) in [4.78, 5) is 6.78. The molecule has 0 radical (unpaired) electrons. The topological polar surface area (TPSA) is 50.8 Å². The van der Waals surface area contributed by atoms with Gasteiger partial charge in [0, 0.05) is 13.1 Å². The molecule has 2 fully saturated rings. The number of hydrogen-bond acceptors (Lipinski definition) is 2. The largest absolute Gasteiger partial charge is 0.372 e. The molecule has 1 saturated heterocycles. The van der Waals surface area contributed by atoms with E-state index in [0.717, 1.165) is 19.7 Å². The zero-order valence-electron chi connectivity index (χ0n) is 10.4. The summed E-state index contributed by atoms with van der Waals surface area (Å²) in [5.41, 5.74) is 5.97. The number of guanidine groups is 1. The van der Waals surface area contributed by atoms with Crippen molar-refractivity contribution >= 4 is 5.96 Å². The lowest BCUT2D eigenvalue weighted by Crippen LogP contribution is -2.53. The molecule has 0 aromatic heterocycles. The number of ether oxygens (including phenoxy) is 1. The molecule has 16 heavy (non-hydrogen) atoms. The minimum absolute atomic E-state index is 0.103. The van der Waals surface area contributed by atoms with Crippen LogP contribution in [-0.4, -0.2) is 42.2 Å². The van der Waals surface area contributed by atoms with Gasteiger partial charge in [0.2, 0.25) is 0 Å². The van der Waals surface area contributed by atoms with E-state index in [2.05, 4.69) is 23.7 Å². The van der Waals surface area contributed by atoms with Crippen molar-refractivity contribution in [2.24, 2.45) is 10.7 Å². The molecule has 0 amide bonds. The van der Waals surface area contributed by atoms with Gasteiger partial charge in [0.1, 0.15) is 0 Å². The highest BCUT2D eigenvalue weighted by atomic mass is 16.5. The van der Waals surface area contributed by atoms with Crippen LogP contribution in [0.4, 0.5) is 0 Å². The van der Waals surface area contributed by atoms with Crippen molar-refractivity contribution in [2.75, 3.05) is 19.7 Å². The Morgan fingerprint density at radius 2 is 2.06 bits per heavy atom. The van der Waals surface area contributed by atoms with E-state index in [1.165, 1.54) is 25.7 Å². The summed E-state index contributed by atoms with van der Waals surface area (Å²) in [7, 11) is 0. The average Bonchev–Trinajstić information content (AvgIpc) is 2.69. The number of morpholine rings is 1. The zero-order valence-corrected chi connectivity index (χ0v) is 10.4. The van der Waals surface area contributed by atoms with Crippen LogP contribution in [-0.2, 0) is 4.74 Å². The first-order chi connectivity index (χ1) is 7.57. The lowest BCUT2D eigenvalue weighted by atomic mass is 10.1. The first-order valence-electron chi connectivity index (χ1n) is 6.29. The van der Waals surface area contributed by atoms with E-state index >= 15 is 0 Å².